The summed E-state index contributed by atoms with van der Waals surface area (Å²) in [5, 5.41) is 7.32. The van der Waals surface area contributed by atoms with Gasteiger partial charge in [-0.3, -0.25) is 0 Å². The Bertz CT molecular complexity index is 33.1. The Morgan fingerprint density at radius 1 is 1.60 bits per heavy atom. The van der Waals surface area contributed by atoms with Gasteiger partial charge in [0.05, 0.1) is 0 Å². The molecule has 0 amide bonds. The van der Waals surface area contributed by atoms with Crippen LogP contribution >= 0.6 is 0 Å². The van der Waals surface area contributed by atoms with Crippen molar-refractivity contribution in [1.82, 2.24) is 0 Å². The third-order valence-electron chi connectivity index (χ3n) is 0. The van der Waals surface area contributed by atoms with Crippen molar-refractivity contribution in [3.05, 3.63) is 0 Å². The second kappa shape index (κ2) is 16.3. The molecule has 20 valence electrons. The van der Waals surface area contributed by atoms with Crippen LogP contribution in [0.3, 0.4) is 0 Å². The van der Waals surface area contributed by atoms with Crippen LogP contribution < -0.4 is 0 Å². The minimum atomic E-state index is 0. The summed E-state index contributed by atoms with van der Waals surface area (Å²) in [6, 6.07) is 0. The summed E-state index contributed by atoms with van der Waals surface area (Å²) < 4.78 is 1.75. The summed E-state index contributed by atoms with van der Waals surface area (Å²) in [5.41, 5.74) is 0. The fourth-order valence-electron chi connectivity index (χ4n) is 0. The molecule has 0 fully saturated rings. The van der Waals surface area contributed by atoms with Gasteiger partial charge in [0.15, 0.2) is 0 Å². The summed E-state index contributed by atoms with van der Waals surface area (Å²) >= 11 is 1.43. The van der Waals surface area contributed by atoms with E-state index >= 15 is 0 Å². The molecule has 5 heavy (non-hydrogen) atoms. The van der Waals surface area contributed by atoms with E-state index in [2.05, 4.69) is 0 Å². The van der Waals surface area contributed by atoms with Crippen LogP contribution in [-0.4, -0.2) is 69.1 Å². The molecule has 0 aromatic rings. The summed E-state index contributed by atoms with van der Waals surface area (Å²) in [7, 11) is 0. The average molecular weight is 129 g/mol. The molecule has 0 unspecified atom stereocenters. The molecule has 0 aromatic carbocycles. The predicted molar refractivity (Wildman–Crippen MR) is 18.5 cm³/mol. The van der Waals surface area contributed by atoms with Gasteiger partial charge >= 0.3 is 79.1 Å². The van der Waals surface area contributed by atoms with E-state index in [1.807, 2.05) is 0 Å². The van der Waals surface area contributed by atoms with E-state index < -0.39 is 0 Å². The molecule has 0 atom stereocenters. The predicted octanol–water partition coefficient (Wildman–Crippen LogP) is -1.02. The molecule has 1 nitrogen and oxygen atoms in total. The molecule has 0 bridgehead atoms. The van der Waals surface area contributed by atoms with Crippen molar-refractivity contribution in [2.45, 2.75) is 0 Å². The van der Waals surface area contributed by atoms with Crippen molar-refractivity contribution < 1.29 is 17.1 Å². The molecular weight excluding hydrogens is 128 g/mol. The summed E-state index contributed by atoms with van der Waals surface area (Å²) in [4.78, 5) is 0. The third-order valence-corrected chi connectivity index (χ3v) is 0. The normalized spacial score (nSPS) is 1.80. The van der Waals surface area contributed by atoms with E-state index in [0.717, 1.165) is 0 Å². The van der Waals surface area contributed by atoms with Crippen LogP contribution in [-0.2, 0) is 17.1 Å². The molecule has 0 N–H and O–H groups in total. The van der Waals surface area contributed by atoms with Gasteiger partial charge in [0, 0.05) is 17.1 Å². The van der Waals surface area contributed by atoms with Crippen LogP contribution in [0.2, 0.25) is 0 Å². The fraction of sp³-hybridized carbons (Fsp3) is 0. The molecular formula is CHFeKLiN. The maximum absolute atomic E-state index is 7.32. The Morgan fingerprint density at radius 2 is 1.60 bits per heavy atom. The van der Waals surface area contributed by atoms with Crippen molar-refractivity contribution in [2.75, 3.05) is 0 Å². The zero-order chi connectivity index (χ0) is 2.71. The van der Waals surface area contributed by atoms with Gasteiger partial charge in [-0.2, -0.15) is 0 Å². The van der Waals surface area contributed by atoms with Crippen molar-refractivity contribution >= 4 is 69.1 Å². The summed E-state index contributed by atoms with van der Waals surface area (Å²) in [5.74, 6) is 0. The Hall–Kier alpha value is 2.24. The molecule has 0 saturated carbocycles. The van der Waals surface area contributed by atoms with Gasteiger partial charge in [-0.1, -0.05) is 0 Å². The molecule has 0 saturated heterocycles. The number of nitrogens with zero attached hydrogens (tertiary/aromatic N) is 1. The van der Waals surface area contributed by atoms with Gasteiger partial charge in [-0.25, -0.2) is 0 Å². The van der Waals surface area contributed by atoms with E-state index in [9.17, 15) is 0 Å². The minimum absolute atomic E-state index is 0. The molecule has 0 rings (SSSR count). The quantitative estimate of drug-likeness (QED) is 0.384. The number of nitriles is 1. The maximum atomic E-state index is 7.32. The van der Waals surface area contributed by atoms with Gasteiger partial charge in [-0.15, -0.1) is 0 Å². The molecule has 4 heteroatoms. The zero-order valence-electron chi connectivity index (χ0n) is 2.30. The number of hydrogen-bond donors (Lipinski definition) is 0. The molecule has 0 heterocycles. The van der Waals surface area contributed by atoms with Crippen LogP contribution in [0.15, 0.2) is 0 Å². The molecule has 0 spiro atoms. The first kappa shape index (κ1) is 15.7. The third kappa shape index (κ3) is 22.3. The van der Waals surface area contributed by atoms with Crippen molar-refractivity contribution in [2.24, 2.45) is 0 Å². The van der Waals surface area contributed by atoms with Crippen LogP contribution in [0.1, 0.15) is 0 Å². The first-order chi connectivity index (χ1) is 1.41. The molecule has 0 aliphatic carbocycles. The Labute approximate surface area is 94.0 Å². The number of hydrogen-bond acceptors (Lipinski definition) is 1. The zero-order valence-corrected chi connectivity index (χ0v) is 3.40. The Morgan fingerprint density at radius 3 is 1.60 bits per heavy atom. The van der Waals surface area contributed by atoms with E-state index in [4.69, 9.17) is 5.26 Å². The number of rotatable bonds is 0. The fourth-order valence-corrected chi connectivity index (χ4v) is 0. The van der Waals surface area contributed by atoms with Crippen molar-refractivity contribution in [3.63, 3.8) is 0 Å². The summed E-state index contributed by atoms with van der Waals surface area (Å²) in [6.45, 7) is 0. The van der Waals surface area contributed by atoms with Gasteiger partial charge in [0.2, 0.25) is 0 Å². The second-order valence-electron chi connectivity index (χ2n) is 0.224. The SMILES string of the molecule is [Fe].[KH].[Li][C]#N. The van der Waals surface area contributed by atoms with E-state index in [0.29, 0.717) is 0 Å². The van der Waals surface area contributed by atoms with Crippen LogP contribution in [0.25, 0.3) is 0 Å². The van der Waals surface area contributed by atoms with Gasteiger partial charge in [0.25, 0.3) is 0 Å². The topological polar surface area (TPSA) is 23.8 Å². The first-order valence-electron chi connectivity index (χ1n) is 0.724. The molecule has 0 radical (unpaired) electrons. The first-order valence-corrected chi connectivity index (χ1v) is 0.724. The van der Waals surface area contributed by atoms with Gasteiger partial charge in [0.1, 0.15) is 0 Å². The summed E-state index contributed by atoms with van der Waals surface area (Å²) in [6.07, 6.45) is 0. The van der Waals surface area contributed by atoms with E-state index in [1.54, 1.807) is 4.74 Å². The Kier molecular flexibility index (Phi) is 51.2. The van der Waals surface area contributed by atoms with Gasteiger partial charge < -0.3 is 0 Å². The van der Waals surface area contributed by atoms with Crippen LogP contribution in [0.4, 0.5) is 0 Å². The van der Waals surface area contributed by atoms with E-state index in [-0.39, 0.29) is 68.5 Å². The second-order valence-corrected chi connectivity index (χ2v) is 0.224. The molecule has 0 aliphatic heterocycles. The van der Waals surface area contributed by atoms with Crippen LogP contribution in [0.5, 0.6) is 0 Å². The van der Waals surface area contributed by atoms with Crippen molar-refractivity contribution in [3.8, 4) is 4.74 Å². The monoisotopic (exact) mass is 129 g/mol. The van der Waals surface area contributed by atoms with Crippen LogP contribution in [0, 0.1) is 10.0 Å². The molecule has 0 aromatic heterocycles. The standard InChI is InChI=1S/CN.Fe.K.Li.H/c1-2;;;;. The average Bonchev–Trinajstić information content (AvgIpc) is 0.918. The molecule has 0 aliphatic rings. The van der Waals surface area contributed by atoms with Gasteiger partial charge in [-0.05, 0) is 0 Å². The van der Waals surface area contributed by atoms with E-state index in [1.165, 1.54) is 17.7 Å². The van der Waals surface area contributed by atoms with Crippen molar-refractivity contribution in [1.29, 1.82) is 5.26 Å². The Balaban J connectivity index is -0.0000000200.